The molecule has 1 aromatic carbocycles. The van der Waals surface area contributed by atoms with Crippen LogP contribution in [0, 0.1) is 3.57 Å². The molecule has 0 radical (unpaired) electrons. The number of hydrogen-bond donors (Lipinski definition) is 2. The van der Waals surface area contributed by atoms with Gasteiger partial charge in [-0.1, -0.05) is 0 Å². The highest BCUT2D eigenvalue weighted by Crippen LogP contribution is 2.27. The molecule has 0 spiro atoms. The molecule has 3 aromatic rings. The first-order chi connectivity index (χ1) is 12.3. The normalized spacial score (nSPS) is 12.2. The summed E-state index contributed by atoms with van der Waals surface area (Å²) < 4.78 is 7.01. The van der Waals surface area contributed by atoms with Gasteiger partial charge in [-0.3, -0.25) is 14.3 Å². The van der Waals surface area contributed by atoms with Crippen LogP contribution in [0.5, 0.6) is 0 Å². The van der Waals surface area contributed by atoms with Crippen molar-refractivity contribution < 1.29 is 14.6 Å². The number of nitrogens with zero attached hydrogens (tertiary/aromatic N) is 2. The van der Waals surface area contributed by atoms with Gasteiger partial charge in [0.2, 0.25) is 0 Å². The number of nitrogens with two attached hydrogens (primary N) is 1. The molecular formula is C18H16IN3O4. The predicted molar refractivity (Wildman–Crippen MR) is 106 cm³/mol. The van der Waals surface area contributed by atoms with Crippen molar-refractivity contribution in [2.45, 2.75) is 13.0 Å². The number of benzene rings is 1. The van der Waals surface area contributed by atoms with E-state index in [9.17, 15) is 14.7 Å². The minimum Gasteiger partial charge on any atom is -0.465 e. The fraction of sp³-hybridized carbons (Fsp3) is 0.167. The lowest BCUT2D eigenvalue weighted by Gasteiger charge is -2.15. The van der Waals surface area contributed by atoms with Crippen molar-refractivity contribution in [2.24, 2.45) is 0 Å². The Hall–Kier alpha value is -2.46. The van der Waals surface area contributed by atoms with Crippen LogP contribution in [0.4, 0.5) is 5.69 Å². The van der Waals surface area contributed by atoms with Gasteiger partial charge < -0.3 is 15.6 Å². The van der Waals surface area contributed by atoms with Crippen LogP contribution >= 0.6 is 22.6 Å². The van der Waals surface area contributed by atoms with Gasteiger partial charge in [0, 0.05) is 8.96 Å². The first-order valence-corrected chi connectivity index (χ1v) is 8.79. The van der Waals surface area contributed by atoms with Crippen LogP contribution in [-0.4, -0.2) is 27.7 Å². The number of aliphatic hydroxyl groups is 1. The number of ether oxygens (including phenoxy) is 1. The Kier molecular flexibility index (Phi) is 4.97. The van der Waals surface area contributed by atoms with Gasteiger partial charge in [0.15, 0.2) is 0 Å². The number of anilines is 1. The third kappa shape index (κ3) is 3.06. The Morgan fingerprint density at radius 2 is 2.08 bits per heavy atom. The third-order valence-electron chi connectivity index (χ3n) is 4.02. The number of aliphatic hydroxyl groups excluding tert-OH is 1. The molecule has 0 fully saturated rings. The van der Waals surface area contributed by atoms with E-state index in [0.29, 0.717) is 22.3 Å². The lowest BCUT2D eigenvalue weighted by Crippen LogP contribution is -2.28. The van der Waals surface area contributed by atoms with Gasteiger partial charge in [-0.05, 0) is 59.8 Å². The summed E-state index contributed by atoms with van der Waals surface area (Å²) in [4.78, 5) is 29.3. The second-order valence-corrected chi connectivity index (χ2v) is 6.95. The number of hydrogen-bond acceptors (Lipinski definition) is 6. The van der Waals surface area contributed by atoms with Crippen LogP contribution in [0.25, 0.3) is 16.6 Å². The van der Waals surface area contributed by atoms with Gasteiger partial charge in [0.1, 0.15) is 5.56 Å². The summed E-state index contributed by atoms with van der Waals surface area (Å²) in [5.74, 6) is -0.796. The fourth-order valence-electron chi connectivity index (χ4n) is 2.72. The van der Waals surface area contributed by atoms with E-state index in [0.717, 1.165) is 3.57 Å². The number of rotatable bonds is 3. The number of esters is 1. The molecular weight excluding hydrogens is 449 g/mol. The molecule has 7 nitrogen and oxygen atoms in total. The smallest absolute Gasteiger partial charge is 0.345 e. The lowest BCUT2D eigenvalue weighted by molar-refractivity contribution is 0.0600. The standard InChI is InChI=1S/C18H16IN3O4/c1-9(23)13-6-4-11(8-21-13)22-14-7-10(19)3-5-12(14)16(20)15(17(22)24)18(25)26-2/h3-9,23H,20H2,1-2H3. The highest BCUT2D eigenvalue weighted by atomic mass is 127. The van der Waals surface area contributed by atoms with E-state index in [1.165, 1.54) is 17.9 Å². The molecule has 2 aromatic heterocycles. The summed E-state index contributed by atoms with van der Waals surface area (Å²) in [6.07, 6.45) is 0.746. The Balaban J connectivity index is 2.41. The molecule has 1 unspecified atom stereocenters. The molecule has 3 N–H and O–H groups in total. The van der Waals surface area contributed by atoms with Gasteiger partial charge in [-0.2, -0.15) is 0 Å². The predicted octanol–water partition coefficient (Wildman–Crippen LogP) is 2.41. The number of methoxy groups -OCH3 is 1. The summed E-state index contributed by atoms with van der Waals surface area (Å²) in [7, 11) is 1.20. The van der Waals surface area contributed by atoms with E-state index >= 15 is 0 Å². The zero-order valence-corrected chi connectivity index (χ0v) is 16.2. The van der Waals surface area contributed by atoms with E-state index in [1.54, 1.807) is 31.2 Å². The maximum absolute atomic E-state index is 13.0. The number of halogens is 1. The van der Waals surface area contributed by atoms with Crippen LogP contribution in [0.1, 0.15) is 29.1 Å². The minimum absolute atomic E-state index is 0.0815. The van der Waals surface area contributed by atoms with Crippen LogP contribution < -0.4 is 11.3 Å². The van der Waals surface area contributed by atoms with Crippen LogP contribution in [0.15, 0.2) is 41.3 Å². The molecule has 134 valence electrons. The molecule has 0 amide bonds. The SMILES string of the molecule is COC(=O)c1c(N)c2ccc(I)cc2n(-c2ccc(C(C)O)nc2)c1=O. The summed E-state index contributed by atoms with van der Waals surface area (Å²) in [5, 5.41) is 10.2. The summed E-state index contributed by atoms with van der Waals surface area (Å²) >= 11 is 2.13. The molecule has 26 heavy (non-hydrogen) atoms. The number of nitrogen functional groups attached to an aromatic ring is 1. The van der Waals surface area contributed by atoms with Crippen molar-refractivity contribution in [1.82, 2.24) is 9.55 Å². The molecule has 3 rings (SSSR count). The molecule has 0 aliphatic carbocycles. The van der Waals surface area contributed by atoms with Crippen molar-refractivity contribution in [3.8, 4) is 5.69 Å². The first-order valence-electron chi connectivity index (χ1n) is 7.71. The van der Waals surface area contributed by atoms with Crippen molar-refractivity contribution in [3.63, 3.8) is 0 Å². The third-order valence-corrected chi connectivity index (χ3v) is 4.69. The molecule has 0 saturated heterocycles. The van der Waals surface area contributed by atoms with Crippen molar-refractivity contribution in [3.05, 3.63) is 61.7 Å². The zero-order chi connectivity index (χ0) is 19.0. The topological polar surface area (TPSA) is 107 Å². The quantitative estimate of drug-likeness (QED) is 0.455. The number of pyridine rings is 2. The van der Waals surface area contributed by atoms with E-state index in [-0.39, 0.29) is 11.3 Å². The highest BCUT2D eigenvalue weighted by Gasteiger charge is 2.22. The van der Waals surface area contributed by atoms with Crippen molar-refractivity contribution >= 4 is 45.2 Å². The lowest BCUT2D eigenvalue weighted by atomic mass is 10.1. The molecule has 0 bridgehead atoms. The fourth-order valence-corrected chi connectivity index (χ4v) is 3.20. The van der Waals surface area contributed by atoms with Crippen LogP contribution in [-0.2, 0) is 4.74 Å². The number of fused-ring (bicyclic) bond motifs is 1. The van der Waals surface area contributed by atoms with Gasteiger partial charge in [-0.15, -0.1) is 0 Å². The summed E-state index contributed by atoms with van der Waals surface area (Å²) in [6.45, 7) is 1.60. The number of carbonyl (C=O) groups excluding carboxylic acids is 1. The molecule has 0 aliphatic rings. The molecule has 1 atom stereocenters. The number of carbonyl (C=O) groups is 1. The van der Waals surface area contributed by atoms with Gasteiger partial charge >= 0.3 is 5.97 Å². The van der Waals surface area contributed by atoms with Crippen LogP contribution in [0.3, 0.4) is 0 Å². The zero-order valence-electron chi connectivity index (χ0n) is 14.1. The highest BCUT2D eigenvalue weighted by molar-refractivity contribution is 14.1. The second-order valence-electron chi connectivity index (χ2n) is 5.70. The molecule has 8 heteroatoms. The summed E-state index contributed by atoms with van der Waals surface area (Å²) in [5.41, 5.74) is 6.85. The average molecular weight is 465 g/mol. The maximum atomic E-state index is 13.0. The molecule has 0 aliphatic heterocycles. The van der Waals surface area contributed by atoms with Gasteiger partial charge in [0.05, 0.1) is 42.0 Å². The summed E-state index contributed by atoms with van der Waals surface area (Å²) in [6, 6.07) is 8.68. The van der Waals surface area contributed by atoms with E-state index < -0.39 is 17.6 Å². The first kappa shape index (κ1) is 18.3. The molecule has 0 saturated carbocycles. The van der Waals surface area contributed by atoms with Crippen molar-refractivity contribution in [2.75, 3.05) is 12.8 Å². The Bertz CT molecular complexity index is 1060. The van der Waals surface area contributed by atoms with E-state index in [1.807, 2.05) is 6.07 Å². The number of aromatic nitrogens is 2. The Labute approximate surface area is 162 Å². The maximum Gasteiger partial charge on any atom is 0.345 e. The van der Waals surface area contributed by atoms with E-state index in [4.69, 9.17) is 10.5 Å². The monoisotopic (exact) mass is 465 g/mol. The van der Waals surface area contributed by atoms with Crippen LogP contribution in [0.2, 0.25) is 0 Å². The Morgan fingerprint density at radius 1 is 1.35 bits per heavy atom. The van der Waals surface area contributed by atoms with Gasteiger partial charge in [0.25, 0.3) is 5.56 Å². The van der Waals surface area contributed by atoms with E-state index in [2.05, 4.69) is 27.6 Å². The van der Waals surface area contributed by atoms with Gasteiger partial charge in [-0.25, -0.2) is 4.79 Å². The van der Waals surface area contributed by atoms with Crippen molar-refractivity contribution in [1.29, 1.82) is 0 Å². The second kappa shape index (κ2) is 7.04. The molecule has 2 heterocycles. The Morgan fingerprint density at radius 3 is 2.65 bits per heavy atom. The average Bonchev–Trinajstić information content (AvgIpc) is 2.61. The largest absolute Gasteiger partial charge is 0.465 e. The minimum atomic E-state index is -0.796.